The van der Waals surface area contributed by atoms with Crippen LogP contribution in [0.5, 0.6) is 0 Å². The fourth-order valence-corrected chi connectivity index (χ4v) is 3.54. The Morgan fingerprint density at radius 2 is 1.58 bits per heavy atom. The van der Waals surface area contributed by atoms with Crippen LogP contribution < -0.4 is 15.3 Å². The molecule has 132 valence electrons. The Bertz CT molecular complexity index is 908. The second-order valence-corrected chi connectivity index (χ2v) is 7.02. The maximum atomic E-state index is 5.43. The first-order valence-corrected chi connectivity index (χ1v) is 9.37. The quantitative estimate of drug-likeness (QED) is 0.845. The Morgan fingerprint density at radius 3 is 2.31 bits per heavy atom. The molecule has 1 saturated heterocycles. The molecule has 0 N–H and O–H groups in total. The summed E-state index contributed by atoms with van der Waals surface area (Å²) in [5.41, 5.74) is 5.37. The summed E-state index contributed by atoms with van der Waals surface area (Å²) in [5, 5.41) is 2.31. The summed E-state index contributed by atoms with van der Waals surface area (Å²) in [6.07, 6.45) is 9.15. The van der Waals surface area contributed by atoms with E-state index in [0.29, 0.717) is 0 Å². The molecule has 26 heavy (non-hydrogen) atoms. The third kappa shape index (κ3) is 4.14. The molecule has 0 radical (unpaired) electrons. The highest BCUT2D eigenvalue weighted by Crippen LogP contribution is 2.27. The summed E-state index contributed by atoms with van der Waals surface area (Å²) < 4.78 is 5.43. The average Bonchev–Trinajstić information content (AvgIpc) is 3.12. The molecule has 0 bridgehead atoms. The van der Waals surface area contributed by atoms with Gasteiger partial charge < -0.3 is 9.64 Å². The first-order valence-electron chi connectivity index (χ1n) is 9.37. The van der Waals surface area contributed by atoms with Gasteiger partial charge in [0.1, 0.15) is 0 Å². The van der Waals surface area contributed by atoms with Crippen LogP contribution in [0.4, 0.5) is 5.69 Å². The Kier molecular flexibility index (Phi) is 5.03. The minimum atomic E-state index is 0.827. The lowest BCUT2D eigenvalue weighted by Crippen LogP contribution is -2.36. The number of ether oxygens (including phenoxy) is 1. The van der Waals surface area contributed by atoms with Crippen LogP contribution in [0.1, 0.15) is 18.4 Å². The summed E-state index contributed by atoms with van der Waals surface area (Å²) in [4.78, 5) is 2.39. The molecular formula is C24H25NO. The van der Waals surface area contributed by atoms with E-state index in [1.165, 1.54) is 27.6 Å². The largest absolute Gasteiger partial charge is 0.378 e. The maximum absolute atomic E-state index is 5.43. The van der Waals surface area contributed by atoms with Gasteiger partial charge in [0.05, 0.1) is 13.2 Å². The number of benzene rings is 2. The van der Waals surface area contributed by atoms with Crippen LogP contribution in [-0.2, 0) is 4.74 Å². The molecule has 2 aromatic carbocycles. The summed E-state index contributed by atoms with van der Waals surface area (Å²) in [5.74, 6) is 0. The highest BCUT2D eigenvalue weighted by molar-refractivity contribution is 5.64. The molecule has 0 atom stereocenters. The molecule has 2 heteroatoms. The Labute approximate surface area is 155 Å². The van der Waals surface area contributed by atoms with Crippen molar-refractivity contribution in [2.24, 2.45) is 0 Å². The normalized spacial score (nSPS) is 18.8. The van der Waals surface area contributed by atoms with Crippen molar-refractivity contribution in [1.82, 2.24) is 0 Å². The van der Waals surface area contributed by atoms with Crippen LogP contribution in [0.2, 0.25) is 0 Å². The average molecular weight is 343 g/mol. The molecule has 1 aliphatic carbocycles. The number of nitrogens with zero attached hydrogens (tertiary/aromatic N) is 1. The van der Waals surface area contributed by atoms with Gasteiger partial charge in [-0.05, 0) is 52.1 Å². The van der Waals surface area contributed by atoms with Crippen LogP contribution in [0.3, 0.4) is 0 Å². The third-order valence-corrected chi connectivity index (χ3v) is 5.03. The molecule has 2 aromatic rings. The van der Waals surface area contributed by atoms with E-state index in [9.17, 15) is 0 Å². The van der Waals surface area contributed by atoms with Crippen molar-refractivity contribution in [2.75, 3.05) is 31.2 Å². The van der Waals surface area contributed by atoms with Gasteiger partial charge in [0.25, 0.3) is 0 Å². The molecule has 0 amide bonds. The number of anilines is 1. The van der Waals surface area contributed by atoms with Gasteiger partial charge in [0.2, 0.25) is 0 Å². The molecule has 1 heterocycles. The molecule has 0 saturated carbocycles. The predicted molar refractivity (Wildman–Crippen MR) is 110 cm³/mol. The van der Waals surface area contributed by atoms with Gasteiger partial charge in [-0.15, -0.1) is 0 Å². The van der Waals surface area contributed by atoms with Gasteiger partial charge in [-0.3, -0.25) is 0 Å². The lowest BCUT2D eigenvalue weighted by Gasteiger charge is -2.28. The van der Waals surface area contributed by atoms with Gasteiger partial charge in [0.15, 0.2) is 0 Å². The fourth-order valence-electron chi connectivity index (χ4n) is 3.54. The SMILES string of the molecule is C=c1ccc(=CC2=C/C(=C/c3ccc(N4CCOCC4)cc3)CC2)cc1. The van der Waals surface area contributed by atoms with E-state index < -0.39 is 0 Å². The van der Waals surface area contributed by atoms with E-state index in [4.69, 9.17) is 4.74 Å². The Balaban J connectivity index is 1.48. The zero-order valence-electron chi connectivity index (χ0n) is 15.2. The second-order valence-electron chi connectivity index (χ2n) is 7.02. The highest BCUT2D eigenvalue weighted by atomic mass is 16.5. The van der Waals surface area contributed by atoms with E-state index in [0.717, 1.165) is 44.4 Å². The third-order valence-electron chi connectivity index (χ3n) is 5.03. The Hall–Kier alpha value is -2.58. The van der Waals surface area contributed by atoms with Crippen molar-refractivity contribution in [3.8, 4) is 0 Å². The van der Waals surface area contributed by atoms with Crippen LogP contribution >= 0.6 is 0 Å². The van der Waals surface area contributed by atoms with Crippen molar-refractivity contribution < 1.29 is 4.74 Å². The van der Waals surface area contributed by atoms with E-state index >= 15 is 0 Å². The lowest BCUT2D eigenvalue weighted by atomic mass is 10.1. The molecule has 1 fully saturated rings. The van der Waals surface area contributed by atoms with E-state index in [-0.39, 0.29) is 0 Å². The maximum Gasteiger partial charge on any atom is 0.0642 e. The summed E-state index contributed by atoms with van der Waals surface area (Å²) in [7, 11) is 0. The van der Waals surface area contributed by atoms with Gasteiger partial charge in [-0.1, -0.05) is 61.2 Å². The molecule has 0 unspecified atom stereocenters. The number of hydrogen-bond acceptors (Lipinski definition) is 2. The van der Waals surface area contributed by atoms with Crippen molar-refractivity contribution in [3.05, 3.63) is 81.8 Å². The second kappa shape index (κ2) is 7.76. The summed E-state index contributed by atoms with van der Waals surface area (Å²) in [6, 6.07) is 17.3. The standard InChI is InChI=1S/C24H25NO/c1-19-2-4-20(5-3-19)16-22-6-7-23(18-22)17-21-8-10-24(11-9-21)25-12-14-26-15-13-25/h2-5,8-11,16-18H,1,6-7,12-15H2/b23-17+. The van der Waals surface area contributed by atoms with Crippen molar-refractivity contribution >= 4 is 24.4 Å². The Morgan fingerprint density at radius 1 is 0.846 bits per heavy atom. The van der Waals surface area contributed by atoms with Gasteiger partial charge in [-0.2, -0.15) is 0 Å². The lowest BCUT2D eigenvalue weighted by molar-refractivity contribution is 0.122. The molecule has 2 aliphatic rings. The number of allylic oxidation sites excluding steroid dienone is 3. The first-order chi connectivity index (χ1) is 12.8. The number of rotatable bonds is 3. The molecule has 0 spiro atoms. The van der Waals surface area contributed by atoms with Crippen LogP contribution in [-0.4, -0.2) is 26.3 Å². The fraction of sp³-hybridized carbons (Fsp3) is 0.250. The van der Waals surface area contributed by atoms with Crippen molar-refractivity contribution in [3.63, 3.8) is 0 Å². The zero-order chi connectivity index (χ0) is 17.8. The van der Waals surface area contributed by atoms with Crippen LogP contribution in [0, 0.1) is 0 Å². The number of hydrogen-bond donors (Lipinski definition) is 0. The monoisotopic (exact) mass is 343 g/mol. The van der Waals surface area contributed by atoms with E-state index in [1.807, 2.05) is 0 Å². The van der Waals surface area contributed by atoms with Gasteiger partial charge >= 0.3 is 0 Å². The molecule has 1 aliphatic heterocycles. The van der Waals surface area contributed by atoms with Crippen LogP contribution in [0.15, 0.2) is 65.8 Å². The predicted octanol–water partition coefficient (Wildman–Crippen LogP) is 3.52. The van der Waals surface area contributed by atoms with Crippen molar-refractivity contribution in [1.29, 1.82) is 0 Å². The molecule has 2 nitrogen and oxygen atoms in total. The van der Waals surface area contributed by atoms with Crippen molar-refractivity contribution in [2.45, 2.75) is 12.8 Å². The minimum Gasteiger partial charge on any atom is -0.378 e. The molecule has 4 rings (SSSR count). The van der Waals surface area contributed by atoms with Gasteiger partial charge in [-0.25, -0.2) is 0 Å². The highest BCUT2D eigenvalue weighted by Gasteiger charge is 2.11. The minimum absolute atomic E-state index is 0.827. The van der Waals surface area contributed by atoms with Gasteiger partial charge in [0, 0.05) is 18.8 Å². The smallest absolute Gasteiger partial charge is 0.0642 e. The molecular weight excluding hydrogens is 318 g/mol. The zero-order valence-corrected chi connectivity index (χ0v) is 15.2. The van der Waals surface area contributed by atoms with E-state index in [2.05, 4.69) is 78.2 Å². The topological polar surface area (TPSA) is 12.5 Å². The van der Waals surface area contributed by atoms with Crippen LogP contribution in [0.25, 0.3) is 18.7 Å². The summed E-state index contributed by atoms with van der Waals surface area (Å²) >= 11 is 0. The van der Waals surface area contributed by atoms with E-state index in [1.54, 1.807) is 0 Å². The molecule has 0 aromatic heterocycles. The number of morpholine rings is 1. The first kappa shape index (κ1) is 16.9. The summed E-state index contributed by atoms with van der Waals surface area (Å²) in [6.45, 7) is 7.56.